The van der Waals surface area contributed by atoms with Crippen LogP contribution in [0.25, 0.3) is 0 Å². The Hall–Kier alpha value is -3.16. The number of rotatable bonds is 4. The van der Waals surface area contributed by atoms with Crippen LogP contribution in [0.3, 0.4) is 0 Å². The van der Waals surface area contributed by atoms with Crippen molar-refractivity contribution in [2.45, 2.75) is 110 Å². The van der Waals surface area contributed by atoms with Crippen molar-refractivity contribution in [3.05, 3.63) is 84.2 Å². The molecule has 0 unspecified atom stereocenters. The highest BCUT2D eigenvalue weighted by Gasteiger charge is 2.15. The van der Waals surface area contributed by atoms with E-state index in [-0.39, 0.29) is 6.61 Å². The predicted molar refractivity (Wildman–Crippen MR) is 164 cm³/mol. The third-order valence-corrected chi connectivity index (χ3v) is 7.48. The summed E-state index contributed by atoms with van der Waals surface area (Å²) in [5.41, 5.74) is 14.8. The van der Waals surface area contributed by atoms with Crippen LogP contribution in [-0.2, 0) is 18.0 Å². The lowest BCUT2D eigenvalue weighted by Crippen LogP contribution is -2.08. The number of carboxylic acids is 1. The first-order valence-electron chi connectivity index (χ1n) is 13.7. The molecule has 3 aromatic heterocycles. The molecule has 0 bridgehead atoms. The molecular weight excluding hydrogens is 502 g/mol. The van der Waals surface area contributed by atoms with E-state index in [0.717, 1.165) is 62.0 Å². The number of aromatic carboxylic acids is 1. The van der Waals surface area contributed by atoms with Gasteiger partial charge in [0.1, 0.15) is 0 Å². The maximum atomic E-state index is 10.9. The van der Waals surface area contributed by atoms with Gasteiger partial charge in [0.2, 0.25) is 0 Å². The molecule has 3 aromatic rings. The molecule has 0 aliphatic heterocycles. The SMILES string of the molecule is CC.COCc1c(C)c(C)nc(C)c1C.Cc1nc(C)c(C)c(C(=O)O)c1C.Cc1nc(C)c(C)c(CO)c1C. The van der Waals surface area contributed by atoms with Gasteiger partial charge < -0.3 is 14.9 Å². The fraction of sp³-hybridized carbons (Fsp3) is 0.515. The monoisotopic (exact) mass is 553 g/mol. The molecule has 0 fully saturated rings. The lowest BCUT2D eigenvalue weighted by molar-refractivity contribution is 0.0695. The smallest absolute Gasteiger partial charge is 0.336 e. The minimum Gasteiger partial charge on any atom is -0.478 e. The third kappa shape index (κ3) is 9.20. The lowest BCUT2D eigenvalue weighted by Gasteiger charge is -2.13. The third-order valence-electron chi connectivity index (χ3n) is 7.48. The summed E-state index contributed by atoms with van der Waals surface area (Å²) in [6.07, 6.45) is 0. The molecule has 3 rings (SSSR count). The van der Waals surface area contributed by atoms with Gasteiger partial charge in [0, 0.05) is 41.3 Å². The first-order valence-corrected chi connectivity index (χ1v) is 13.7. The minimum absolute atomic E-state index is 0.113. The topological polar surface area (TPSA) is 105 Å². The Kier molecular flexibility index (Phi) is 15.5. The van der Waals surface area contributed by atoms with E-state index in [2.05, 4.69) is 28.8 Å². The second-order valence-electron chi connectivity index (χ2n) is 9.83. The number of aromatic nitrogens is 3. The van der Waals surface area contributed by atoms with Gasteiger partial charge in [-0.2, -0.15) is 0 Å². The number of hydrogen-bond donors (Lipinski definition) is 2. The Morgan fingerprint density at radius 3 is 1.10 bits per heavy atom. The van der Waals surface area contributed by atoms with Gasteiger partial charge >= 0.3 is 5.97 Å². The first kappa shape index (κ1) is 36.8. The summed E-state index contributed by atoms with van der Waals surface area (Å²) in [6, 6.07) is 0. The maximum Gasteiger partial charge on any atom is 0.336 e. The molecule has 0 saturated heterocycles. The number of carbonyl (C=O) groups is 1. The summed E-state index contributed by atoms with van der Waals surface area (Å²) in [6.45, 7) is 28.3. The Balaban J connectivity index is 0.000000553. The van der Waals surface area contributed by atoms with Gasteiger partial charge in [-0.25, -0.2) is 4.79 Å². The van der Waals surface area contributed by atoms with Gasteiger partial charge in [0.15, 0.2) is 0 Å². The zero-order valence-electron chi connectivity index (χ0n) is 27.5. The fourth-order valence-electron chi connectivity index (χ4n) is 4.26. The number of methoxy groups -OCH3 is 1. The highest BCUT2D eigenvalue weighted by atomic mass is 16.5. The summed E-state index contributed by atoms with van der Waals surface area (Å²) in [7, 11) is 1.73. The molecule has 222 valence electrons. The van der Waals surface area contributed by atoms with E-state index in [1.165, 1.54) is 16.7 Å². The minimum atomic E-state index is -0.872. The first-order chi connectivity index (χ1) is 18.6. The molecule has 7 heteroatoms. The molecule has 0 aromatic carbocycles. The van der Waals surface area contributed by atoms with Gasteiger partial charge in [0.05, 0.1) is 18.8 Å². The molecule has 40 heavy (non-hydrogen) atoms. The molecule has 0 aliphatic carbocycles. The molecule has 0 atom stereocenters. The quantitative estimate of drug-likeness (QED) is 0.349. The van der Waals surface area contributed by atoms with Gasteiger partial charge in [-0.1, -0.05) is 13.8 Å². The number of nitrogens with zero attached hydrogens (tertiary/aromatic N) is 3. The van der Waals surface area contributed by atoms with Gasteiger partial charge in [0.25, 0.3) is 0 Å². The molecule has 7 nitrogen and oxygen atoms in total. The van der Waals surface area contributed by atoms with Crippen LogP contribution < -0.4 is 0 Å². The van der Waals surface area contributed by atoms with Crippen LogP contribution in [-0.4, -0.2) is 38.2 Å². The van der Waals surface area contributed by atoms with Crippen LogP contribution in [0.2, 0.25) is 0 Å². The van der Waals surface area contributed by atoms with E-state index in [9.17, 15) is 4.79 Å². The van der Waals surface area contributed by atoms with Gasteiger partial charge in [-0.15, -0.1) is 0 Å². The summed E-state index contributed by atoms with van der Waals surface area (Å²) in [5, 5.41) is 18.1. The Bertz CT molecular complexity index is 1240. The Morgan fingerprint density at radius 1 is 0.575 bits per heavy atom. The molecule has 0 saturated carbocycles. The second-order valence-corrected chi connectivity index (χ2v) is 9.83. The lowest BCUT2D eigenvalue weighted by atomic mass is 10.0. The molecule has 0 amide bonds. The predicted octanol–water partition coefficient (Wildman–Crippen LogP) is 7.31. The van der Waals surface area contributed by atoms with Crippen molar-refractivity contribution >= 4 is 5.97 Å². The molecule has 0 radical (unpaired) electrons. The van der Waals surface area contributed by atoms with E-state index >= 15 is 0 Å². The van der Waals surface area contributed by atoms with E-state index in [1.54, 1.807) is 21.0 Å². The standard InChI is InChI=1S/C11H17NO.C10H13NO2.C10H15NO.C2H6/c1-7-9(3)12-10(4)8(2)11(7)6-13-5;1-5-7(3)11-8(4)6(2)9(5)10(12)13;1-6-8(3)11-9(4)7(2)10(6)5-12;1-2/h6H2,1-5H3;1-4H3,(H,12,13);12H,5H2,1-4H3;1-2H3. The normalized spacial score (nSPS) is 10.0. The Labute approximate surface area is 242 Å². The van der Waals surface area contributed by atoms with Crippen LogP contribution in [0.4, 0.5) is 0 Å². The zero-order chi connectivity index (χ0) is 31.5. The number of ether oxygens (including phenoxy) is 1. The molecule has 2 N–H and O–H groups in total. The molecule has 3 heterocycles. The average Bonchev–Trinajstić information content (AvgIpc) is 2.90. The fourth-order valence-corrected chi connectivity index (χ4v) is 4.26. The highest BCUT2D eigenvalue weighted by Crippen LogP contribution is 2.20. The van der Waals surface area contributed by atoms with Crippen LogP contribution in [0.1, 0.15) is 103 Å². The number of carboxylic acid groups (broad SMARTS) is 1. The van der Waals surface area contributed by atoms with Crippen LogP contribution in [0, 0.1) is 83.1 Å². The van der Waals surface area contributed by atoms with Crippen molar-refractivity contribution in [3.8, 4) is 0 Å². The maximum absolute atomic E-state index is 10.9. The van der Waals surface area contributed by atoms with E-state index in [4.69, 9.17) is 14.9 Å². The van der Waals surface area contributed by atoms with Crippen molar-refractivity contribution in [1.82, 2.24) is 15.0 Å². The zero-order valence-corrected chi connectivity index (χ0v) is 27.5. The van der Waals surface area contributed by atoms with Crippen molar-refractivity contribution < 1.29 is 19.7 Å². The summed E-state index contributed by atoms with van der Waals surface area (Å²) in [5.74, 6) is -0.872. The van der Waals surface area contributed by atoms with E-state index in [0.29, 0.717) is 12.2 Å². The van der Waals surface area contributed by atoms with Crippen LogP contribution in [0.15, 0.2) is 0 Å². The van der Waals surface area contributed by atoms with E-state index < -0.39 is 5.97 Å². The Morgan fingerprint density at radius 2 is 0.850 bits per heavy atom. The van der Waals surface area contributed by atoms with Crippen LogP contribution in [0.5, 0.6) is 0 Å². The van der Waals surface area contributed by atoms with E-state index in [1.807, 2.05) is 69.2 Å². The van der Waals surface area contributed by atoms with Crippen LogP contribution >= 0.6 is 0 Å². The number of aryl methyl sites for hydroxylation is 6. The summed E-state index contributed by atoms with van der Waals surface area (Å²) >= 11 is 0. The van der Waals surface area contributed by atoms with Gasteiger partial charge in [-0.3, -0.25) is 15.0 Å². The van der Waals surface area contributed by atoms with Crippen molar-refractivity contribution in [1.29, 1.82) is 0 Å². The number of hydrogen-bond acceptors (Lipinski definition) is 6. The average molecular weight is 554 g/mol. The van der Waals surface area contributed by atoms with Gasteiger partial charge in [-0.05, 0) is 128 Å². The molecular formula is C33H51N3O4. The summed E-state index contributed by atoms with van der Waals surface area (Å²) < 4.78 is 5.17. The second kappa shape index (κ2) is 16.8. The summed E-state index contributed by atoms with van der Waals surface area (Å²) in [4.78, 5) is 24.0. The largest absolute Gasteiger partial charge is 0.478 e. The molecule has 0 aliphatic rings. The van der Waals surface area contributed by atoms with Crippen molar-refractivity contribution in [3.63, 3.8) is 0 Å². The number of aliphatic hydroxyl groups excluding tert-OH is 1. The molecule has 0 spiro atoms. The van der Waals surface area contributed by atoms with Crippen molar-refractivity contribution in [2.75, 3.05) is 7.11 Å². The van der Waals surface area contributed by atoms with Crippen molar-refractivity contribution in [2.24, 2.45) is 0 Å². The highest BCUT2D eigenvalue weighted by molar-refractivity contribution is 5.91. The number of aliphatic hydroxyl groups is 1. The number of pyridine rings is 3.